The Morgan fingerprint density at radius 2 is 2.07 bits per heavy atom. The van der Waals surface area contributed by atoms with E-state index in [2.05, 4.69) is 11.9 Å². The molecule has 0 atom stereocenters. The third-order valence-corrected chi connectivity index (χ3v) is 1.81. The quantitative estimate of drug-likeness (QED) is 0.565. The van der Waals surface area contributed by atoms with E-state index >= 15 is 0 Å². The minimum atomic E-state index is -0.434. The number of nitro groups is 1. The van der Waals surface area contributed by atoms with Crippen LogP contribution < -0.4 is 0 Å². The van der Waals surface area contributed by atoms with Gasteiger partial charge in [0.1, 0.15) is 6.20 Å². The number of hydrogen-bond acceptors (Lipinski definition) is 3. The zero-order valence-electron chi connectivity index (χ0n) is 9.56. The Balaban J connectivity index is 0.000000921. The minimum Gasteiger partial charge on any atom is -0.258 e. The number of rotatable bonds is 4. The lowest BCUT2D eigenvalue weighted by Crippen LogP contribution is -1.92. The van der Waals surface area contributed by atoms with Crippen molar-refractivity contribution in [3.05, 3.63) is 34.1 Å². The zero-order chi connectivity index (χ0) is 11.7. The number of aromatic nitrogens is 1. The molecule has 0 saturated carbocycles. The number of aryl methyl sites for hydroxylation is 1. The van der Waals surface area contributed by atoms with Gasteiger partial charge in [0.2, 0.25) is 0 Å². The molecule has 0 spiro atoms. The van der Waals surface area contributed by atoms with Crippen LogP contribution in [0.2, 0.25) is 0 Å². The van der Waals surface area contributed by atoms with Crippen molar-refractivity contribution >= 4 is 5.69 Å². The van der Waals surface area contributed by atoms with E-state index in [-0.39, 0.29) is 5.69 Å². The van der Waals surface area contributed by atoms with Crippen molar-refractivity contribution in [2.24, 2.45) is 0 Å². The Kier molecular flexibility index (Phi) is 7.14. The van der Waals surface area contributed by atoms with Gasteiger partial charge in [0.05, 0.1) is 4.92 Å². The van der Waals surface area contributed by atoms with Gasteiger partial charge >= 0.3 is 0 Å². The number of nitrogens with zero attached hydrogens (tertiary/aromatic N) is 2. The largest absolute Gasteiger partial charge is 0.287 e. The summed E-state index contributed by atoms with van der Waals surface area (Å²) in [4.78, 5) is 13.9. The molecule has 1 rings (SSSR count). The molecule has 1 aromatic heterocycles. The third-order valence-electron chi connectivity index (χ3n) is 1.81. The molecular formula is C11H18N2O2. The van der Waals surface area contributed by atoms with Gasteiger partial charge in [-0.15, -0.1) is 0 Å². The van der Waals surface area contributed by atoms with Gasteiger partial charge < -0.3 is 0 Å². The van der Waals surface area contributed by atoms with Crippen molar-refractivity contribution in [1.29, 1.82) is 0 Å². The molecule has 0 aliphatic rings. The highest BCUT2D eigenvalue weighted by atomic mass is 16.6. The van der Waals surface area contributed by atoms with Gasteiger partial charge in [-0.05, 0) is 18.9 Å². The Hall–Kier alpha value is -1.45. The van der Waals surface area contributed by atoms with Crippen molar-refractivity contribution in [2.75, 3.05) is 0 Å². The van der Waals surface area contributed by atoms with Crippen molar-refractivity contribution in [2.45, 2.75) is 40.0 Å². The lowest BCUT2D eigenvalue weighted by Gasteiger charge is -1.97. The summed E-state index contributed by atoms with van der Waals surface area (Å²) in [6.45, 7) is 6.10. The van der Waals surface area contributed by atoms with Crippen LogP contribution in [-0.2, 0) is 6.42 Å². The normalized spacial score (nSPS) is 9.00. The molecule has 0 N–H and O–H groups in total. The van der Waals surface area contributed by atoms with Crippen LogP contribution in [0, 0.1) is 10.1 Å². The number of pyridine rings is 1. The molecule has 4 nitrogen and oxygen atoms in total. The molecule has 1 aromatic rings. The van der Waals surface area contributed by atoms with Crippen LogP contribution in [0.1, 0.15) is 39.3 Å². The monoisotopic (exact) mass is 210 g/mol. The fraction of sp³-hybridized carbons (Fsp3) is 0.545. The van der Waals surface area contributed by atoms with E-state index in [0.717, 1.165) is 25.0 Å². The molecule has 0 bridgehead atoms. The molecule has 0 unspecified atom stereocenters. The van der Waals surface area contributed by atoms with E-state index in [4.69, 9.17) is 0 Å². The molecule has 0 fully saturated rings. The second-order valence-electron chi connectivity index (χ2n) is 2.87. The summed E-state index contributed by atoms with van der Waals surface area (Å²) in [5, 5.41) is 10.3. The van der Waals surface area contributed by atoms with Crippen LogP contribution in [-0.4, -0.2) is 9.91 Å². The molecule has 0 amide bonds. The van der Waals surface area contributed by atoms with Crippen molar-refractivity contribution < 1.29 is 4.92 Å². The smallest absolute Gasteiger partial charge is 0.258 e. The minimum absolute atomic E-state index is 0.0558. The molecular weight excluding hydrogens is 192 g/mol. The summed E-state index contributed by atoms with van der Waals surface area (Å²) in [7, 11) is 0. The average molecular weight is 210 g/mol. The third kappa shape index (κ3) is 5.10. The predicted octanol–water partition coefficient (Wildman–Crippen LogP) is 3.36. The molecule has 0 aliphatic carbocycles. The fourth-order valence-electron chi connectivity index (χ4n) is 1.03. The highest BCUT2D eigenvalue weighted by Gasteiger charge is 2.04. The molecule has 0 saturated heterocycles. The van der Waals surface area contributed by atoms with Crippen molar-refractivity contribution in [3.63, 3.8) is 0 Å². The topological polar surface area (TPSA) is 56.0 Å². The summed E-state index contributed by atoms with van der Waals surface area (Å²) in [6, 6.07) is 3.21. The first kappa shape index (κ1) is 13.5. The first-order chi connectivity index (χ1) is 7.24. The van der Waals surface area contributed by atoms with Gasteiger partial charge in [0.25, 0.3) is 5.69 Å². The molecule has 84 valence electrons. The number of unbranched alkanes of at least 4 members (excludes halogenated alkanes) is 1. The summed E-state index contributed by atoms with van der Waals surface area (Å²) in [6.07, 6.45) is 4.39. The highest BCUT2D eigenvalue weighted by molar-refractivity contribution is 5.26. The summed E-state index contributed by atoms with van der Waals surface area (Å²) < 4.78 is 0. The van der Waals surface area contributed by atoms with E-state index in [1.165, 1.54) is 12.3 Å². The Labute approximate surface area is 90.5 Å². The fourth-order valence-corrected chi connectivity index (χ4v) is 1.03. The number of hydrogen-bond donors (Lipinski definition) is 0. The van der Waals surface area contributed by atoms with Crippen LogP contribution in [0.3, 0.4) is 0 Å². The van der Waals surface area contributed by atoms with Gasteiger partial charge in [-0.1, -0.05) is 27.2 Å². The van der Waals surface area contributed by atoms with E-state index in [1.54, 1.807) is 6.07 Å². The molecule has 0 aromatic carbocycles. The van der Waals surface area contributed by atoms with E-state index in [9.17, 15) is 10.1 Å². The SMILES string of the molecule is CC.CCCCc1ccc([N+](=O)[O-])cn1. The van der Waals surface area contributed by atoms with Crippen molar-refractivity contribution in [1.82, 2.24) is 4.98 Å². The van der Waals surface area contributed by atoms with Gasteiger partial charge in [0, 0.05) is 11.8 Å². The molecule has 0 aliphatic heterocycles. The highest BCUT2D eigenvalue weighted by Crippen LogP contribution is 2.10. The van der Waals surface area contributed by atoms with Crippen LogP contribution in [0.4, 0.5) is 5.69 Å². The summed E-state index contributed by atoms with van der Waals surface area (Å²) in [5.74, 6) is 0. The maximum absolute atomic E-state index is 10.3. The van der Waals surface area contributed by atoms with Crippen LogP contribution in [0.5, 0.6) is 0 Å². The van der Waals surface area contributed by atoms with Gasteiger partial charge in [-0.25, -0.2) is 0 Å². The summed E-state index contributed by atoms with van der Waals surface area (Å²) >= 11 is 0. The molecule has 4 heteroatoms. The first-order valence-corrected chi connectivity index (χ1v) is 5.33. The first-order valence-electron chi connectivity index (χ1n) is 5.33. The van der Waals surface area contributed by atoms with E-state index in [1.807, 2.05) is 13.8 Å². The predicted molar refractivity (Wildman–Crippen MR) is 60.9 cm³/mol. The maximum atomic E-state index is 10.3. The van der Waals surface area contributed by atoms with E-state index in [0.29, 0.717) is 0 Å². The Morgan fingerprint density at radius 1 is 1.40 bits per heavy atom. The van der Waals surface area contributed by atoms with Crippen molar-refractivity contribution in [3.8, 4) is 0 Å². The molecule has 0 radical (unpaired) electrons. The lowest BCUT2D eigenvalue weighted by molar-refractivity contribution is -0.385. The standard InChI is InChI=1S/C9H12N2O2.C2H6/c1-2-3-4-8-5-6-9(7-10-8)11(12)13;1-2/h5-7H,2-4H2,1H3;1-2H3. The van der Waals surface area contributed by atoms with Gasteiger partial charge in [-0.3, -0.25) is 15.1 Å². The summed E-state index contributed by atoms with van der Waals surface area (Å²) in [5.41, 5.74) is 0.979. The second kappa shape index (κ2) is 7.91. The van der Waals surface area contributed by atoms with Gasteiger partial charge in [0.15, 0.2) is 0 Å². The van der Waals surface area contributed by atoms with Crippen LogP contribution in [0.15, 0.2) is 18.3 Å². The molecule has 1 heterocycles. The van der Waals surface area contributed by atoms with Gasteiger partial charge in [-0.2, -0.15) is 0 Å². The Morgan fingerprint density at radius 3 is 2.47 bits per heavy atom. The van der Waals surface area contributed by atoms with Crippen LogP contribution >= 0.6 is 0 Å². The average Bonchev–Trinajstić information content (AvgIpc) is 2.29. The van der Waals surface area contributed by atoms with Crippen LogP contribution in [0.25, 0.3) is 0 Å². The Bertz CT molecular complexity index is 283. The zero-order valence-corrected chi connectivity index (χ0v) is 9.56. The second-order valence-corrected chi connectivity index (χ2v) is 2.87. The van der Waals surface area contributed by atoms with E-state index < -0.39 is 4.92 Å². The molecule has 15 heavy (non-hydrogen) atoms. The maximum Gasteiger partial charge on any atom is 0.287 e. The lowest BCUT2D eigenvalue weighted by atomic mass is 10.2.